The second-order valence-electron chi connectivity index (χ2n) is 11.4. The van der Waals surface area contributed by atoms with Crippen molar-refractivity contribution < 1.29 is 18.7 Å². The summed E-state index contributed by atoms with van der Waals surface area (Å²) in [6.07, 6.45) is 2.74. The summed E-state index contributed by atoms with van der Waals surface area (Å²) in [5, 5.41) is 0. The first-order valence-electron chi connectivity index (χ1n) is 14.5. The van der Waals surface area contributed by atoms with Gasteiger partial charge in [-0.2, -0.15) is 0 Å². The predicted molar refractivity (Wildman–Crippen MR) is 153 cm³/mol. The van der Waals surface area contributed by atoms with E-state index in [-0.39, 0.29) is 11.5 Å². The number of piperazine rings is 1. The molecule has 3 aliphatic rings. The van der Waals surface area contributed by atoms with Crippen LogP contribution >= 0.6 is 0 Å². The van der Waals surface area contributed by atoms with Gasteiger partial charge >= 0.3 is 0 Å². The van der Waals surface area contributed by atoms with E-state index in [1.807, 2.05) is 11.0 Å². The summed E-state index contributed by atoms with van der Waals surface area (Å²) in [4.78, 5) is 19.8. The Labute approximate surface area is 236 Å². The standard InChI is InChI=1S/C33H38FN3O3/c1-23-21-36(28-13-15-35(16-14-28)33(38)29-5-3-4-6-30(29)34)17-18-37(23)24(2)27-10-7-25(8-11-27)19-26-9-12-31-32(20-26)40-22-39-31/h3-12,20,23-24,28H,13-19,21-22H2,1-2H3/t23-,24+/m1/s1. The van der Waals surface area contributed by atoms with E-state index < -0.39 is 5.82 Å². The Bertz CT molecular complexity index is 1340. The molecule has 3 aromatic rings. The molecule has 0 aromatic heterocycles. The van der Waals surface area contributed by atoms with Crippen molar-refractivity contribution >= 4 is 5.91 Å². The third kappa shape index (κ3) is 5.58. The zero-order chi connectivity index (χ0) is 27.6. The average molecular weight is 544 g/mol. The summed E-state index contributed by atoms with van der Waals surface area (Å²) >= 11 is 0. The van der Waals surface area contributed by atoms with Gasteiger partial charge in [-0.05, 0) is 74.1 Å². The normalized spacial score (nSPS) is 21.0. The van der Waals surface area contributed by atoms with Gasteiger partial charge in [-0.15, -0.1) is 0 Å². The number of carbonyl (C=O) groups is 1. The highest BCUT2D eigenvalue weighted by atomic mass is 19.1. The molecule has 6 rings (SSSR count). The van der Waals surface area contributed by atoms with Crippen LogP contribution in [0.5, 0.6) is 11.5 Å². The van der Waals surface area contributed by atoms with Crippen molar-refractivity contribution in [2.75, 3.05) is 39.5 Å². The minimum absolute atomic E-state index is 0.179. The highest BCUT2D eigenvalue weighted by Crippen LogP contribution is 2.33. The Morgan fingerprint density at radius 3 is 2.40 bits per heavy atom. The molecule has 40 heavy (non-hydrogen) atoms. The Balaban J connectivity index is 1.00. The monoisotopic (exact) mass is 543 g/mol. The maximum atomic E-state index is 14.1. The van der Waals surface area contributed by atoms with E-state index in [1.54, 1.807) is 18.2 Å². The number of likely N-dealkylation sites (tertiary alicyclic amines) is 1. The first kappa shape index (κ1) is 26.8. The maximum Gasteiger partial charge on any atom is 0.256 e. The molecule has 0 aliphatic carbocycles. The van der Waals surface area contributed by atoms with Gasteiger partial charge in [-0.1, -0.05) is 42.5 Å². The predicted octanol–water partition coefficient (Wildman–Crippen LogP) is 5.52. The number of hydrogen-bond acceptors (Lipinski definition) is 5. The van der Waals surface area contributed by atoms with Crippen LogP contribution in [0.3, 0.4) is 0 Å². The zero-order valence-corrected chi connectivity index (χ0v) is 23.4. The number of ether oxygens (including phenoxy) is 2. The number of amides is 1. The van der Waals surface area contributed by atoms with Gasteiger partial charge in [0, 0.05) is 50.8 Å². The fourth-order valence-corrected chi connectivity index (χ4v) is 6.54. The highest BCUT2D eigenvalue weighted by molar-refractivity contribution is 5.94. The summed E-state index contributed by atoms with van der Waals surface area (Å²) in [5.41, 5.74) is 4.03. The molecule has 0 radical (unpaired) electrons. The van der Waals surface area contributed by atoms with Gasteiger partial charge in [0.1, 0.15) is 5.82 Å². The van der Waals surface area contributed by atoms with Crippen LogP contribution in [-0.2, 0) is 6.42 Å². The topological polar surface area (TPSA) is 45.2 Å². The van der Waals surface area contributed by atoms with Gasteiger partial charge in [0.25, 0.3) is 5.91 Å². The smallest absolute Gasteiger partial charge is 0.256 e. The lowest BCUT2D eigenvalue weighted by molar-refractivity contribution is 0.0134. The van der Waals surface area contributed by atoms with Crippen LogP contribution in [-0.4, -0.2) is 72.2 Å². The highest BCUT2D eigenvalue weighted by Gasteiger charge is 2.34. The lowest BCUT2D eigenvalue weighted by Gasteiger charge is -2.47. The van der Waals surface area contributed by atoms with Crippen molar-refractivity contribution in [3.63, 3.8) is 0 Å². The van der Waals surface area contributed by atoms with E-state index in [4.69, 9.17) is 9.47 Å². The molecule has 6 nitrogen and oxygen atoms in total. The third-order valence-electron chi connectivity index (χ3n) is 8.89. The van der Waals surface area contributed by atoms with Crippen LogP contribution in [0.25, 0.3) is 0 Å². The number of carbonyl (C=O) groups excluding carboxylic acids is 1. The van der Waals surface area contributed by atoms with Crippen LogP contribution in [0.1, 0.15) is 59.8 Å². The SMILES string of the molecule is C[C@@H]1CN(C2CCN(C(=O)c3ccccc3F)CC2)CCN1[C@@H](C)c1ccc(Cc2ccc3c(c2)OCO3)cc1. The van der Waals surface area contributed by atoms with Crippen LogP contribution < -0.4 is 9.47 Å². The summed E-state index contributed by atoms with van der Waals surface area (Å²) < 4.78 is 25.1. The number of halogens is 1. The zero-order valence-electron chi connectivity index (χ0n) is 23.4. The van der Waals surface area contributed by atoms with Crippen molar-refractivity contribution in [2.24, 2.45) is 0 Å². The van der Waals surface area contributed by atoms with Crippen molar-refractivity contribution in [3.8, 4) is 11.5 Å². The Morgan fingerprint density at radius 1 is 0.925 bits per heavy atom. The van der Waals surface area contributed by atoms with Crippen LogP contribution in [0.4, 0.5) is 4.39 Å². The number of piperidine rings is 1. The molecule has 2 saturated heterocycles. The molecule has 0 spiro atoms. The second kappa shape index (κ2) is 11.6. The summed E-state index contributed by atoms with van der Waals surface area (Å²) in [5.74, 6) is 1.03. The molecule has 0 N–H and O–H groups in total. The van der Waals surface area contributed by atoms with Crippen LogP contribution in [0, 0.1) is 5.82 Å². The fraction of sp³-hybridized carbons (Fsp3) is 0.424. The van der Waals surface area contributed by atoms with E-state index in [1.165, 1.54) is 22.8 Å². The molecule has 2 fully saturated rings. The van der Waals surface area contributed by atoms with Crippen molar-refractivity contribution in [3.05, 3.63) is 94.8 Å². The van der Waals surface area contributed by atoms with E-state index in [0.717, 1.165) is 50.4 Å². The van der Waals surface area contributed by atoms with Crippen molar-refractivity contribution in [2.45, 2.75) is 51.2 Å². The molecular formula is C33H38FN3O3. The van der Waals surface area contributed by atoms with E-state index in [9.17, 15) is 9.18 Å². The molecule has 2 atom stereocenters. The summed E-state index contributed by atoms with van der Waals surface area (Å²) in [6, 6.07) is 22.7. The molecular weight excluding hydrogens is 505 g/mol. The van der Waals surface area contributed by atoms with Gasteiger partial charge in [0.15, 0.2) is 11.5 Å². The summed E-state index contributed by atoms with van der Waals surface area (Å²) in [6.45, 7) is 9.38. The van der Waals surface area contributed by atoms with Gasteiger partial charge in [0.05, 0.1) is 5.56 Å². The number of fused-ring (bicyclic) bond motifs is 1. The van der Waals surface area contributed by atoms with Gasteiger partial charge in [0.2, 0.25) is 6.79 Å². The van der Waals surface area contributed by atoms with Crippen molar-refractivity contribution in [1.82, 2.24) is 14.7 Å². The van der Waals surface area contributed by atoms with Crippen molar-refractivity contribution in [1.29, 1.82) is 0 Å². The molecule has 0 unspecified atom stereocenters. The minimum Gasteiger partial charge on any atom is -0.454 e. The number of benzene rings is 3. The molecule has 7 heteroatoms. The first-order valence-corrected chi connectivity index (χ1v) is 14.5. The largest absolute Gasteiger partial charge is 0.454 e. The third-order valence-corrected chi connectivity index (χ3v) is 8.89. The van der Waals surface area contributed by atoms with E-state index >= 15 is 0 Å². The lowest BCUT2D eigenvalue weighted by atomic mass is 9.97. The molecule has 3 aliphatic heterocycles. The maximum absolute atomic E-state index is 14.1. The first-order chi connectivity index (χ1) is 19.5. The molecule has 3 heterocycles. The average Bonchev–Trinajstić information content (AvgIpc) is 3.45. The Morgan fingerprint density at radius 2 is 1.65 bits per heavy atom. The second-order valence-corrected chi connectivity index (χ2v) is 11.4. The fourth-order valence-electron chi connectivity index (χ4n) is 6.54. The quantitative estimate of drug-likeness (QED) is 0.410. The Kier molecular flexibility index (Phi) is 7.76. The van der Waals surface area contributed by atoms with Crippen LogP contribution in [0.2, 0.25) is 0 Å². The number of nitrogens with zero attached hydrogens (tertiary/aromatic N) is 3. The number of hydrogen-bond donors (Lipinski definition) is 0. The molecule has 1 amide bonds. The molecule has 210 valence electrons. The minimum atomic E-state index is -0.437. The Hall–Kier alpha value is -3.42. The molecule has 0 bridgehead atoms. The van der Waals surface area contributed by atoms with Crippen LogP contribution in [0.15, 0.2) is 66.7 Å². The molecule has 0 saturated carbocycles. The van der Waals surface area contributed by atoms with E-state index in [0.29, 0.717) is 38.0 Å². The van der Waals surface area contributed by atoms with E-state index in [2.05, 4.69) is 60.0 Å². The van der Waals surface area contributed by atoms with Gasteiger partial charge < -0.3 is 14.4 Å². The summed E-state index contributed by atoms with van der Waals surface area (Å²) in [7, 11) is 0. The van der Waals surface area contributed by atoms with Gasteiger partial charge in [-0.3, -0.25) is 14.6 Å². The lowest BCUT2D eigenvalue weighted by Crippen LogP contribution is -2.57. The number of rotatable bonds is 6. The van der Waals surface area contributed by atoms with Gasteiger partial charge in [-0.25, -0.2) is 4.39 Å². The molecule has 3 aromatic carbocycles.